The molecule has 2 aliphatic rings. The van der Waals surface area contributed by atoms with Crippen molar-refractivity contribution in [2.45, 2.75) is 19.9 Å². The molecule has 6 nitrogen and oxygen atoms in total. The van der Waals surface area contributed by atoms with Gasteiger partial charge in [0.25, 0.3) is 0 Å². The summed E-state index contributed by atoms with van der Waals surface area (Å²) in [4.78, 5) is 8.94. The van der Waals surface area contributed by atoms with Crippen LogP contribution in [0.2, 0.25) is 5.02 Å². The van der Waals surface area contributed by atoms with E-state index in [0.29, 0.717) is 28.9 Å². The highest BCUT2D eigenvalue weighted by Crippen LogP contribution is 2.30. The molecule has 0 fully saturated rings. The Hall–Kier alpha value is -2.67. The molecule has 0 amide bonds. The van der Waals surface area contributed by atoms with Crippen LogP contribution in [0, 0.1) is 5.82 Å². The van der Waals surface area contributed by atoms with Crippen molar-refractivity contribution >= 4 is 28.9 Å². The first kappa shape index (κ1) is 13.7. The van der Waals surface area contributed by atoms with E-state index >= 15 is 0 Å². The molecular weight excluding hydrogens is 331 g/mol. The zero-order valence-electron chi connectivity index (χ0n) is 12.7. The van der Waals surface area contributed by atoms with E-state index in [4.69, 9.17) is 16.6 Å². The van der Waals surface area contributed by atoms with Crippen molar-refractivity contribution in [2.75, 3.05) is 5.32 Å². The number of anilines is 1. The second kappa shape index (κ2) is 4.67. The van der Waals surface area contributed by atoms with Crippen LogP contribution in [0.25, 0.3) is 22.8 Å². The molecule has 120 valence electrons. The smallest absolute Gasteiger partial charge is 0.230 e. The first-order valence-corrected chi connectivity index (χ1v) is 7.95. The van der Waals surface area contributed by atoms with Crippen molar-refractivity contribution in [3.05, 3.63) is 46.1 Å². The van der Waals surface area contributed by atoms with Crippen molar-refractivity contribution in [1.29, 1.82) is 0 Å². The minimum atomic E-state index is -0.376. The maximum atomic E-state index is 14.4. The van der Waals surface area contributed by atoms with E-state index in [0.717, 1.165) is 28.5 Å². The summed E-state index contributed by atoms with van der Waals surface area (Å²) in [6.07, 6.45) is 2.29. The molecule has 0 aliphatic carbocycles. The Bertz CT molecular complexity index is 1110. The number of fused-ring (bicyclic) bond motifs is 2. The molecule has 3 aromatic rings. The Morgan fingerprint density at radius 3 is 3.04 bits per heavy atom. The number of hydrogen-bond acceptors (Lipinski definition) is 4. The lowest BCUT2D eigenvalue weighted by Gasteiger charge is -2.06. The van der Waals surface area contributed by atoms with E-state index in [1.807, 2.05) is 11.5 Å². The van der Waals surface area contributed by atoms with Crippen LogP contribution in [-0.2, 0) is 6.54 Å². The predicted molar refractivity (Wildman–Crippen MR) is 88.0 cm³/mol. The molecule has 8 heteroatoms. The fourth-order valence-electron chi connectivity index (χ4n) is 3.42. The largest absolute Gasteiger partial charge is 0.326 e. The number of nitrogens with zero attached hydrogens (tertiary/aromatic N) is 5. The van der Waals surface area contributed by atoms with E-state index < -0.39 is 0 Å². The fourth-order valence-corrected chi connectivity index (χ4v) is 3.67. The molecule has 4 heterocycles. The average Bonchev–Trinajstić information content (AvgIpc) is 3.22. The van der Waals surface area contributed by atoms with Gasteiger partial charge >= 0.3 is 0 Å². The van der Waals surface area contributed by atoms with Gasteiger partial charge in [0, 0.05) is 18.7 Å². The summed E-state index contributed by atoms with van der Waals surface area (Å²) in [6, 6.07) is 4.67. The van der Waals surface area contributed by atoms with Gasteiger partial charge in [0.1, 0.15) is 23.3 Å². The van der Waals surface area contributed by atoms with Crippen molar-refractivity contribution in [1.82, 2.24) is 24.3 Å². The summed E-state index contributed by atoms with van der Waals surface area (Å²) in [5, 5.41) is 9.61. The Balaban J connectivity index is 1.92. The molecule has 5 rings (SSSR count). The topological polar surface area (TPSA) is 60.6 Å². The summed E-state index contributed by atoms with van der Waals surface area (Å²) >= 11 is 6.25. The molecule has 0 saturated carbocycles. The molecule has 1 N–H and O–H groups in total. The zero-order chi connectivity index (χ0) is 16.4. The van der Waals surface area contributed by atoms with Gasteiger partial charge in [-0.1, -0.05) is 17.7 Å². The summed E-state index contributed by atoms with van der Waals surface area (Å²) in [5.74, 6) is 0.835. The van der Waals surface area contributed by atoms with Crippen molar-refractivity contribution in [2.24, 2.45) is 0 Å². The van der Waals surface area contributed by atoms with Crippen LogP contribution < -0.4 is 16.0 Å². The SMILES string of the molecule is CC1=c2nc(-c3c(F)cccc3Cl)n3c2=C(CC3)n2ncnc2N1. The molecule has 0 atom stereocenters. The molecule has 0 bridgehead atoms. The number of nitrogens with one attached hydrogen (secondary N) is 1. The zero-order valence-corrected chi connectivity index (χ0v) is 13.5. The molecule has 0 radical (unpaired) electrons. The quantitative estimate of drug-likeness (QED) is 0.729. The Kier molecular flexibility index (Phi) is 2.67. The lowest BCUT2D eigenvalue weighted by atomic mass is 10.2. The Morgan fingerprint density at radius 1 is 1.33 bits per heavy atom. The van der Waals surface area contributed by atoms with Gasteiger partial charge < -0.3 is 9.88 Å². The molecule has 1 aromatic carbocycles. The van der Waals surface area contributed by atoms with Crippen LogP contribution in [0.15, 0.2) is 24.5 Å². The molecule has 2 aliphatic heterocycles. The van der Waals surface area contributed by atoms with Crippen LogP contribution in [0.1, 0.15) is 13.3 Å². The van der Waals surface area contributed by atoms with E-state index in [1.54, 1.807) is 16.8 Å². The summed E-state index contributed by atoms with van der Waals surface area (Å²) < 4.78 is 18.2. The Morgan fingerprint density at radius 2 is 2.21 bits per heavy atom. The maximum absolute atomic E-state index is 14.4. The molecule has 0 spiro atoms. The summed E-state index contributed by atoms with van der Waals surface area (Å²) in [6.45, 7) is 2.63. The first-order chi connectivity index (χ1) is 11.6. The maximum Gasteiger partial charge on any atom is 0.230 e. The monoisotopic (exact) mass is 342 g/mol. The van der Waals surface area contributed by atoms with Gasteiger partial charge in [-0.3, -0.25) is 0 Å². The third kappa shape index (κ3) is 1.67. The van der Waals surface area contributed by atoms with Crippen LogP contribution in [0.3, 0.4) is 0 Å². The van der Waals surface area contributed by atoms with Gasteiger partial charge in [-0.2, -0.15) is 10.1 Å². The number of benzene rings is 1. The summed E-state index contributed by atoms with van der Waals surface area (Å²) in [5.41, 5.74) is 2.19. The van der Waals surface area contributed by atoms with Gasteiger partial charge in [0.2, 0.25) is 5.95 Å². The highest BCUT2D eigenvalue weighted by molar-refractivity contribution is 6.33. The number of imidazole rings is 1. The molecule has 0 saturated heterocycles. The predicted octanol–water partition coefficient (Wildman–Crippen LogP) is 1.55. The lowest BCUT2D eigenvalue weighted by molar-refractivity contribution is 0.626. The van der Waals surface area contributed by atoms with Crippen LogP contribution in [-0.4, -0.2) is 24.3 Å². The number of halogens is 2. The van der Waals surface area contributed by atoms with Crippen molar-refractivity contribution in [3.63, 3.8) is 0 Å². The van der Waals surface area contributed by atoms with Crippen LogP contribution in [0.5, 0.6) is 0 Å². The average molecular weight is 343 g/mol. The minimum Gasteiger partial charge on any atom is -0.326 e. The lowest BCUT2D eigenvalue weighted by Crippen LogP contribution is -2.31. The van der Waals surface area contributed by atoms with E-state index in [1.165, 1.54) is 12.4 Å². The minimum absolute atomic E-state index is 0.333. The first-order valence-electron chi connectivity index (χ1n) is 7.57. The third-order valence-corrected chi connectivity index (χ3v) is 4.77. The van der Waals surface area contributed by atoms with Gasteiger partial charge in [0.05, 0.1) is 21.6 Å². The number of aromatic nitrogens is 5. The van der Waals surface area contributed by atoms with Gasteiger partial charge in [-0.05, 0) is 19.1 Å². The molecule has 2 aromatic heterocycles. The highest BCUT2D eigenvalue weighted by Gasteiger charge is 2.27. The second-order valence-electron chi connectivity index (χ2n) is 5.82. The highest BCUT2D eigenvalue weighted by atomic mass is 35.5. The number of hydrogen-bond donors (Lipinski definition) is 1. The normalized spacial score (nSPS) is 15.1. The van der Waals surface area contributed by atoms with Crippen LogP contribution >= 0.6 is 11.6 Å². The summed E-state index contributed by atoms with van der Waals surface area (Å²) in [7, 11) is 0. The van der Waals surface area contributed by atoms with Gasteiger partial charge in [-0.15, -0.1) is 0 Å². The van der Waals surface area contributed by atoms with Crippen molar-refractivity contribution in [3.8, 4) is 11.4 Å². The fraction of sp³-hybridized carbons (Fsp3) is 0.188. The van der Waals surface area contributed by atoms with E-state index in [2.05, 4.69) is 15.4 Å². The molecular formula is C16H12ClFN6. The molecule has 0 unspecified atom stereocenters. The van der Waals surface area contributed by atoms with E-state index in [-0.39, 0.29) is 5.82 Å². The van der Waals surface area contributed by atoms with E-state index in [9.17, 15) is 4.39 Å². The second-order valence-corrected chi connectivity index (χ2v) is 6.23. The number of rotatable bonds is 1. The molecule has 24 heavy (non-hydrogen) atoms. The van der Waals surface area contributed by atoms with Gasteiger partial charge in [-0.25, -0.2) is 14.1 Å². The third-order valence-electron chi connectivity index (χ3n) is 4.46. The van der Waals surface area contributed by atoms with Crippen molar-refractivity contribution < 1.29 is 4.39 Å². The standard InChI is InChI=1S/C16H12ClFN6/c1-8-13-14-11(24-16(21-8)19-7-20-24)5-6-23(14)15(22-13)12-9(17)3-2-4-10(12)18/h2-4,7H,5-6H2,1H3,(H,19,20,21). The van der Waals surface area contributed by atoms with Gasteiger partial charge in [0.15, 0.2) is 0 Å². The van der Waals surface area contributed by atoms with Crippen LogP contribution in [0.4, 0.5) is 10.3 Å². The Labute approximate surface area is 140 Å².